The zero-order chi connectivity index (χ0) is 23.4. The second-order valence-electron chi connectivity index (χ2n) is 9.54. The first-order valence-corrected chi connectivity index (χ1v) is 12.2. The number of rotatable bonds is 5. The molecular weight excluding hydrogens is 432 g/mol. The summed E-state index contributed by atoms with van der Waals surface area (Å²) in [5, 5.41) is 4.61. The van der Waals surface area contributed by atoms with Crippen LogP contribution in [0.3, 0.4) is 0 Å². The van der Waals surface area contributed by atoms with Crippen molar-refractivity contribution in [3.63, 3.8) is 0 Å². The van der Waals surface area contributed by atoms with E-state index in [1.165, 1.54) is 21.1 Å². The van der Waals surface area contributed by atoms with Gasteiger partial charge in [0.05, 0.1) is 5.54 Å². The average Bonchev–Trinajstić information content (AvgIpc) is 3.32. The molecule has 0 radical (unpaired) electrons. The van der Waals surface area contributed by atoms with Crippen molar-refractivity contribution < 1.29 is 18.0 Å². The first kappa shape index (κ1) is 22.5. The Hall–Kier alpha value is -2.66. The van der Waals surface area contributed by atoms with Crippen LogP contribution in [-0.4, -0.2) is 70.0 Å². The summed E-state index contributed by atoms with van der Waals surface area (Å²) in [6.07, 6.45) is 3.61. The maximum atomic E-state index is 13.1. The molecule has 0 aromatic carbocycles. The summed E-state index contributed by atoms with van der Waals surface area (Å²) in [7, 11) is -2.22. The predicted molar refractivity (Wildman–Crippen MR) is 118 cm³/mol. The van der Waals surface area contributed by atoms with Gasteiger partial charge in [0.15, 0.2) is 5.69 Å². The van der Waals surface area contributed by atoms with Crippen LogP contribution in [0.25, 0.3) is 0 Å². The molecule has 2 fully saturated rings. The third kappa shape index (κ3) is 4.06. The van der Waals surface area contributed by atoms with Gasteiger partial charge in [-0.25, -0.2) is 8.42 Å². The maximum absolute atomic E-state index is 13.1. The number of piperazine rings is 1. The van der Waals surface area contributed by atoms with Crippen molar-refractivity contribution in [3.05, 3.63) is 35.4 Å². The minimum Gasteiger partial charge on any atom is -0.364 e. The van der Waals surface area contributed by atoms with Crippen LogP contribution in [0.2, 0.25) is 0 Å². The summed E-state index contributed by atoms with van der Waals surface area (Å²) in [4.78, 5) is 26.2. The summed E-state index contributed by atoms with van der Waals surface area (Å²) in [6, 6.07) is 3.18. The third-order valence-electron chi connectivity index (χ3n) is 5.98. The molecule has 2 aromatic heterocycles. The molecule has 10 nitrogen and oxygen atoms in total. The fourth-order valence-corrected chi connectivity index (χ4v) is 5.56. The summed E-state index contributed by atoms with van der Waals surface area (Å²) < 4.78 is 30.7. The topological polar surface area (TPSA) is 124 Å². The lowest BCUT2D eigenvalue weighted by Crippen LogP contribution is -2.50. The second-order valence-corrected chi connectivity index (χ2v) is 11.5. The van der Waals surface area contributed by atoms with Crippen molar-refractivity contribution in [2.75, 3.05) is 26.2 Å². The zero-order valence-corrected chi connectivity index (χ0v) is 19.7. The van der Waals surface area contributed by atoms with Crippen molar-refractivity contribution >= 4 is 21.8 Å². The van der Waals surface area contributed by atoms with Gasteiger partial charge >= 0.3 is 0 Å². The van der Waals surface area contributed by atoms with Crippen LogP contribution >= 0.6 is 0 Å². The molecule has 11 heteroatoms. The Balaban J connectivity index is 1.47. The van der Waals surface area contributed by atoms with Crippen LogP contribution in [0.5, 0.6) is 0 Å². The highest BCUT2D eigenvalue weighted by Gasteiger charge is 2.35. The van der Waals surface area contributed by atoms with Crippen LogP contribution in [0.4, 0.5) is 0 Å². The Bertz CT molecular complexity index is 1160. The van der Waals surface area contributed by atoms with Crippen LogP contribution in [0.15, 0.2) is 23.2 Å². The predicted octanol–water partition coefficient (Wildman–Crippen LogP) is 1.10. The molecule has 4 rings (SSSR count). The number of aromatic nitrogens is 3. The van der Waals surface area contributed by atoms with Crippen molar-refractivity contribution in [2.24, 2.45) is 12.8 Å². The molecule has 1 saturated carbocycles. The smallest absolute Gasteiger partial charge is 0.274 e. The van der Waals surface area contributed by atoms with Crippen molar-refractivity contribution in [2.45, 2.75) is 50.0 Å². The van der Waals surface area contributed by atoms with E-state index in [0.717, 1.165) is 18.5 Å². The molecule has 2 aliphatic rings. The van der Waals surface area contributed by atoms with E-state index in [2.05, 4.69) is 25.9 Å². The molecule has 1 saturated heterocycles. The molecule has 0 bridgehead atoms. The SMILES string of the molecule is Cn1cc(S(=O)(=O)N2CCN(C(=O)c3cc(C4CC4)n(C(C)(C)C)n3)CC2)cc1C(N)=O. The molecule has 0 spiro atoms. The number of carbonyl (C=O) groups is 2. The summed E-state index contributed by atoms with van der Waals surface area (Å²) in [5.74, 6) is -0.409. The number of nitrogens with two attached hydrogens (primary N) is 1. The van der Waals surface area contributed by atoms with Gasteiger partial charge < -0.3 is 15.2 Å². The van der Waals surface area contributed by atoms with Gasteiger partial charge in [-0.2, -0.15) is 9.40 Å². The Morgan fingerprint density at radius 3 is 2.22 bits per heavy atom. The van der Waals surface area contributed by atoms with E-state index >= 15 is 0 Å². The third-order valence-corrected chi connectivity index (χ3v) is 7.85. The largest absolute Gasteiger partial charge is 0.364 e. The number of aryl methyl sites for hydroxylation is 1. The second kappa shape index (κ2) is 7.73. The normalized spacial score (nSPS) is 18.2. The first-order valence-electron chi connectivity index (χ1n) is 10.8. The number of hydrogen-bond donors (Lipinski definition) is 1. The molecule has 0 unspecified atom stereocenters. The lowest BCUT2D eigenvalue weighted by Gasteiger charge is -2.33. The summed E-state index contributed by atoms with van der Waals surface area (Å²) in [6.45, 7) is 7.09. The van der Waals surface area contributed by atoms with E-state index in [0.29, 0.717) is 11.6 Å². The molecule has 2 amide bonds. The monoisotopic (exact) mass is 462 g/mol. The van der Waals surface area contributed by atoms with E-state index in [-0.39, 0.29) is 48.2 Å². The number of amides is 2. The maximum Gasteiger partial charge on any atom is 0.274 e. The molecule has 2 aromatic rings. The van der Waals surface area contributed by atoms with Crippen molar-refractivity contribution in [1.29, 1.82) is 0 Å². The zero-order valence-electron chi connectivity index (χ0n) is 18.9. The minimum atomic E-state index is -3.79. The average molecular weight is 463 g/mol. The summed E-state index contributed by atoms with van der Waals surface area (Å²) in [5.41, 5.74) is 6.71. The molecule has 32 heavy (non-hydrogen) atoms. The highest BCUT2D eigenvalue weighted by Crippen LogP contribution is 2.41. The number of hydrogen-bond acceptors (Lipinski definition) is 5. The number of nitrogens with zero attached hydrogens (tertiary/aromatic N) is 5. The van der Waals surface area contributed by atoms with Crippen LogP contribution in [-0.2, 0) is 22.6 Å². The Kier molecular flexibility index (Phi) is 5.44. The fraction of sp³-hybridized carbons (Fsp3) is 0.571. The lowest BCUT2D eigenvalue weighted by atomic mass is 10.1. The summed E-state index contributed by atoms with van der Waals surface area (Å²) >= 11 is 0. The fourth-order valence-electron chi connectivity index (χ4n) is 4.07. The minimum absolute atomic E-state index is 0.0200. The van der Waals surface area contributed by atoms with Crippen molar-refractivity contribution in [3.8, 4) is 0 Å². The van der Waals surface area contributed by atoms with Gasteiger partial charge in [-0.05, 0) is 45.7 Å². The quantitative estimate of drug-likeness (QED) is 0.713. The van der Waals surface area contributed by atoms with Gasteiger partial charge in [-0.3, -0.25) is 14.3 Å². The Morgan fingerprint density at radius 2 is 1.72 bits per heavy atom. The van der Waals surface area contributed by atoms with Crippen LogP contribution in [0.1, 0.15) is 66.2 Å². The van der Waals surface area contributed by atoms with E-state index in [9.17, 15) is 18.0 Å². The van der Waals surface area contributed by atoms with Crippen molar-refractivity contribution in [1.82, 2.24) is 23.6 Å². The van der Waals surface area contributed by atoms with E-state index in [4.69, 9.17) is 5.73 Å². The molecule has 0 atom stereocenters. The Labute approximate surface area is 188 Å². The number of carbonyl (C=O) groups excluding carboxylic acids is 2. The van der Waals surface area contributed by atoms with Crippen LogP contribution in [0, 0.1) is 0 Å². The lowest BCUT2D eigenvalue weighted by molar-refractivity contribution is 0.0690. The molecule has 1 aliphatic heterocycles. The highest BCUT2D eigenvalue weighted by molar-refractivity contribution is 7.89. The van der Waals surface area contributed by atoms with Gasteiger partial charge in [0.1, 0.15) is 10.6 Å². The molecule has 3 heterocycles. The molecule has 174 valence electrons. The Morgan fingerprint density at radius 1 is 1.09 bits per heavy atom. The van der Waals surface area contributed by atoms with Gasteiger partial charge in [-0.15, -0.1) is 0 Å². The van der Waals surface area contributed by atoms with Gasteiger partial charge in [0.2, 0.25) is 10.0 Å². The molecular formula is C21H30N6O4S. The number of sulfonamides is 1. The first-order chi connectivity index (χ1) is 14.9. The van der Waals surface area contributed by atoms with E-state index in [1.54, 1.807) is 11.9 Å². The van der Waals surface area contributed by atoms with Crippen LogP contribution < -0.4 is 5.73 Å². The van der Waals surface area contributed by atoms with Gasteiger partial charge in [-0.1, -0.05) is 0 Å². The molecule has 1 aliphatic carbocycles. The molecule has 2 N–H and O–H groups in total. The van der Waals surface area contributed by atoms with Gasteiger partial charge in [0, 0.05) is 51.0 Å². The number of primary amides is 1. The van der Waals surface area contributed by atoms with E-state index < -0.39 is 15.9 Å². The van der Waals surface area contributed by atoms with Gasteiger partial charge in [0.25, 0.3) is 11.8 Å². The van der Waals surface area contributed by atoms with E-state index in [1.807, 2.05) is 10.7 Å². The standard InChI is InChI=1S/C21H30N6O4S/c1-21(2,3)27-17(14-5-6-14)12-16(23-27)20(29)25-7-9-26(10-8-25)32(30,31)15-11-18(19(22)28)24(4)13-15/h11-14H,5-10H2,1-4H3,(H2,22,28). The highest BCUT2D eigenvalue weighted by atomic mass is 32.2.